The predicted molar refractivity (Wildman–Crippen MR) is 73.9 cm³/mol. The van der Waals surface area contributed by atoms with Crippen LogP contribution < -0.4 is 0 Å². The largest absolute Gasteiger partial charge is 0.293 e. The molecule has 0 aromatic carbocycles. The van der Waals surface area contributed by atoms with E-state index in [0.717, 1.165) is 11.3 Å². The lowest BCUT2D eigenvalue weighted by molar-refractivity contribution is 0.0901. The summed E-state index contributed by atoms with van der Waals surface area (Å²) in [6.07, 6.45) is 3.52. The Bertz CT molecular complexity index is 411. The molecule has 2 unspecified atom stereocenters. The molecule has 1 aromatic rings. The molecule has 2 rings (SSSR count). The van der Waals surface area contributed by atoms with Gasteiger partial charge in [-0.05, 0) is 36.3 Å². The molecule has 1 aliphatic carbocycles. The number of carbonyl (C=O) groups is 1. The number of hydrogen-bond acceptors (Lipinski definition) is 2. The summed E-state index contributed by atoms with van der Waals surface area (Å²) in [5, 5.41) is 0. The van der Waals surface area contributed by atoms with Crippen LogP contribution in [0.1, 0.15) is 61.5 Å². The van der Waals surface area contributed by atoms with Gasteiger partial charge in [-0.1, -0.05) is 34.1 Å². The Kier molecular flexibility index (Phi) is 3.44. The molecule has 0 radical (unpaired) electrons. The topological polar surface area (TPSA) is 17.1 Å². The van der Waals surface area contributed by atoms with Crippen LogP contribution in [0.3, 0.4) is 0 Å². The molecule has 0 saturated heterocycles. The molecule has 2 heteroatoms. The van der Waals surface area contributed by atoms with Crippen LogP contribution in [0.15, 0.2) is 12.1 Å². The van der Waals surface area contributed by atoms with Crippen LogP contribution in [-0.2, 0) is 5.41 Å². The van der Waals surface area contributed by atoms with Crippen LogP contribution in [0.5, 0.6) is 0 Å². The van der Waals surface area contributed by atoms with Gasteiger partial charge in [-0.25, -0.2) is 0 Å². The number of Topliss-reactive ketones (excluding diaryl/α,β-unsaturated/α-hetero) is 1. The van der Waals surface area contributed by atoms with Crippen molar-refractivity contribution in [1.82, 2.24) is 0 Å². The maximum absolute atomic E-state index is 12.4. The van der Waals surface area contributed by atoms with E-state index in [9.17, 15) is 4.79 Å². The third kappa shape index (κ3) is 2.62. The molecule has 1 aliphatic rings. The van der Waals surface area contributed by atoms with Crippen LogP contribution in [-0.4, -0.2) is 5.78 Å². The zero-order valence-electron chi connectivity index (χ0n) is 11.2. The molecule has 2 atom stereocenters. The number of carbonyl (C=O) groups excluding carboxylic acids is 1. The molecule has 1 aromatic heterocycles. The number of hydrogen-bond donors (Lipinski definition) is 0. The highest BCUT2D eigenvalue weighted by Crippen LogP contribution is 2.36. The highest BCUT2D eigenvalue weighted by atomic mass is 32.1. The van der Waals surface area contributed by atoms with Gasteiger partial charge in [-0.2, -0.15) is 0 Å². The van der Waals surface area contributed by atoms with E-state index in [1.165, 1.54) is 17.7 Å². The predicted octanol–water partition coefficient (Wildman–Crippen LogP) is 4.66. The van der Waals surface area contributed by atoms with Crippen molar-refractivity contribution in [3.05, 3.63) is 21.9 Å². The van der Waals surface area contributed by atoms with Crippen molar-refractivity contribution in [3.8, 4) is 0 Å². The first-order valence-electron chi connectivity index (χ1n) is 6.54. The number of thiophene rings is 1. The van der Waals surface area contributed by atoms with E-state index in [1.807, 2.05) is 6.07 Å². The van der Waals surface area contributed by atoms with Gasteiger partial charge in [0.1, 0.15) is 0 Å². The van der Waals surface area contributed by atoms with Crippen LogP contribution >= 0.6 is 11.3 Å². The van der Waals surface area contributed by atoms with Crippen LogP contribution in [0.2, 0.25) is 0 Å². The molecule has 17 heavy (non-hydrogen) atoms. The average Bonchev–Trinajstić information content (AvgIpc) is 2.83. The van der Waals surface area contributed by atoms with Gasteiger partial charge in [0.15, 0.2) is 5.78 Å². The average molecular weight is 250 g/mol. The molecule has 0 aliphatic heterocycles. The van der Waals surface area contributed by atoms with E-state index < -0.39 is 0 Å². The maximum Gasteiger partial charge on any atom is 0.176 e. The van der Waals surface area contributed by atoms with Gasteiger partial charge < -0.3 is 0 Å². The smallest absolute Gasteiger partial charge is 0.176 e. The Morgan fingerprint density at radius 2 is 2.00 bits per heavy atom. The Labute approximate surface area is 108 Å². The van der Waals surface area contributed by atoms with Crippen molar-refractivity contribution in [2.75, 3.05) is 0 Å². The fourth-order valence-corrected chi connectivity index (χ4v) is 3.66. The van der Waals surface area contributed by atoms with Crippen molar-refractivity contribution in [2.45, 2.75) is 52.4 Å². The van der Waals surface area contributed by atoms with Gasteiger partial charge in [0.25, 0.3) is 0 Å². The number of rotatable bonds is 2. The van der Waals surface area contributed by atoms with Gasteiger partial charge in [0.2, 0.25) is 0 Å². The molecular weight excluding hydrogens is 228 g/mol. The van der Waals surface area contributed by atoms with Crippen molar-refractivity contribution < 1.29 is 4.79 Å². The van der Waals surface area contributed by atoms with Gasteiger partial charge in [0, 0.05) is 10.8 Å². The minimum absolute atomic E-state index is 0.157. The first kappa shape index (κ1) is 12.8. The van der Waals surface area contributed by atoms with Gasteiger partial charge >= 0.3 is 0 Å². The monoisotopic (exact) mass is 250 g/mol. The lowest BCUT2D eigenvalue weighted by Gasteiger charge is -2.16. The second-order valence-corrected chi connectivity index (χ2v) is 7.38. The molecule has 0 spiro atoms. The van der Waals surface area contributed by atoms with Crippen LogP contribution in [0, 0.1) is 11.8 Å². The second-order valence-electron chi connectivity index (χ2n) is 6.29. The summed E-state index contributed by atoms with van der Waals surface area (Å²) in [6.45, 7) is 8.82. The van der Waals surface area contributed by atoms with Crippen LogP contribution in [0.4, 0.5) is 0 Å². The fraction of sp³-hybridized carbons (Fsp3) is 0.667. The zero-order valence-corrected chi connectivity index (χ0v) is 12.1. The molecule has 1 saturated carbocycles. The van der Waals surface area contributed by atoms with Crippen molar-refractivity contribution in [1.29, 1.82) is 0 Å². The quantitative estimate of drug-likeness (QED) is 0.697. The van der Waals surface area contributed by atoms with Gasteiger partial charge in [-0.3, -0.25) is 4.79 Å². The molecule has 1 fully saturated rings. The SMILES string of the molecule is CC1CCCC1C(=O)c1ccc(C(C)(C)C)s1. The standard InChI is InChI=1S/C15H22OS/c1-10-6-5-7-11(10)14(16)12-8-9-13(17-12)15(2,3)4/h8-11H,5-7H2,1-4H3. The van der Waals surface area contributed by atoms with Crippen molar-refractivity contribution in [2.24, 2.45) is 11.8 Å². The fourth-order valence-electron chi connectivity index (χ4n) is 2.59. The summed E-state index contributed by atoms with van der Waals surface area (Å²) >= 11 is 1.69. The van der Waals surface area contributed by atoms with E-state index in [4.69, 9.17) is 0 Å². The molecule has 0 N–H and O–H groups in total. The van der Waals surface area contributed by atoms with E-state index in [2.05, 4.69) is 33.8 Å². The van der Waals surface area contributed by atoms with E-state index in [0.29, 0.717) is 11.7 Å². The third-order valence-electron chi connectivity index (χ3n) is 3.79. The van der Waals surface area contributed by atoms with E-state index >= 15 is 0 Å². The van der Waals surface area contributed by atoms with Crippen LogP contribution in [0.25, 0.3) is 0 Å². The zero-order chi connectivity index (χ0) is 12.6. The lowest BCUT2D eigenvalue weighted by Crippen LogP contribution is -2.16. The highest BCUT2D eigenvalue weighted by molar-refractivity contribution is 7.14. The Balaban J connectivity index is 2.18. The molecular formula is C15H22OS. The minimum atomic E-state index is 0.157. The summed E-state index contributed by atoms with van der Waals surface area (Å²) in [6, 6.07) is 4.15. The highest BCUT2D eigenvalue weighted by Gasteiger charge is 2.31. The molecule has 94 valence electrons. The molecule has 1 heterocycles. The molecule has 0 bridgehead atoms. The first-order valence-corrected chi connectivity index (χ1v) is 7.36. The summed E-state index contributed by atoms with van der Waals surface area (Å²) in [7, 11) is 0. The Morgan fingerprint density at radius 1 is 1.29 bits per heavy atom. The van der Waals surface area contributed by atoms with E-state index in [1.54, 1.807) is 11.3 Å². The van der Waals surface area contributed by atoms with Gasteiger partial charge in [-0.15, -0.1) is 11.3 Å². The second kappa shape index (κ2) is 4.56. The maximum atomic E-state index is 12.4. The Hall–Kier alpha value is -0.630. The van der Waals surface area contributed by atoms with Crippen molar-refractivity contribution in [3.63, 3.8) is 0 Å². The summed E-state index contributed by atoms with van der Waals surface area (Å²) in [5.74, 6) is 1.24. The van der Waals surface area contributed by atoms with Gasteiger partial charge in [0.05, 0.1) is 4.88 Å². The first-order chi connectivity index (χ1) is 7.89. The third-order valence-corrected chi connectivity index (χ3v) is 5.31. The summed E-state index contributed by atoms with van der Waals surface area (Å²) < 4.78 is 0. The number of ketones is 1. The molecule has 0 amide bonds. The lowest BCUT2D eigenvalue weighted by atomic mass is 9.92. The van der Waals surface area contributed by atoms with Crippen molar-refractivity contribution >= 4 is 17.1 Å². The Morgan fingerprint density at radius 3 is 2.47 bits per heavy atom. The summed E-state index contributed by atoms with van der Waals surface area (Å²) in [4.78, 5) is 14.7. The normalized spacial score (nSPS) is 25.2. The minimum Gasteiger partial charge on any atom is -0.293 e. The molecule has 1 nitrogen and oxygen atoms in total. The van der Waals surface area contributed by atoms with E-state index in [-0.39, 0.29) is 11.3 Å². The summed E-state index contributed by atoms with van der Waals surface area (Å²) in [5.41, 5.74) is 0.157.